The second-order valence-corrected chi connectivity index (χ2v) is 10.6. The number of hydrogen-bond donors (Lipinski definition) is 0. The molecule has 1 aromatic carbocycles. The molecule has 0 radical (unpaired) electrons. The lowest BCUT2D eigenvalue weighted by atomic mass is 9.97. The maximum atomic E-state index is 13.0. The van der Waals surface area contributed by atoms with E-state index < -0.39 is 58.5 Å². The van der Waals surface area contributed by atoms with Gasteiger partial charge in [-0.05, 0) is 42.9 Å². The SMILES string of the molecule is CCC(=O)OCOC(=O)SC[C@H](CC(=O)C(C)(C)SC(=O)OCOC(=O)CC)C(=O)OCc1ccccc1. The molecule has 1 aromatic rings. The van der Waals surface area contributed by atoms with E-state index in [0.717, 1.165) is 5.56 Å². The van der Waals surface area contributed by atoms with Gasteiger partial charge in [0.15, 0.2) is 0 Å². The van der Waals surface area contributed by atoms with Crippen LogP contribution in [-0.2, 0) is 49.5 Å². The Morgan fingerprint density at radius 2 is 1.34 bits per heavy atom. The number of benzene rings is 1. The number of Topliss-reactive ketones (excluding diaryl/α,β-unsaturated/α-hetero) is 1. The first-order valence-electron chi connectivity index (χ1n) is 11.7. The minimum atomic E-state index is -1.30. The normalized spacial score (nSPS) is 11.6. The number of thioether (sulfide) groups is 2. The third-order valence-corrected chi connectivity index (χ3v) is 6.72. The summed E-state index contributed by atoms with van der Waals surface area (Å²) in [7, 11) is 0. The Bertz CT molecular complexity index is 963. The molecule has 0 saturated heterocycles. The summed E-state index contributed by atoms with van der Waals surface area (Å²) in [4.78, 5) is 72.3. The van der Waals surface area contributed by atoms with Gasteiger partial charge in [0, 0.05) is 25.0 Å². The minimum Gasteiger partial charge on any atom is -0.461 e. The van der Waals surface area contributed by atoms with Gasteiger partial charge in [0.05, 0.1) is 10.7 Å². The molecule has 0 amide bonds. The van der Waals surface area contributed by atoms with Crippen molar-refractivity contribution in [2.24, 2.45) is 5.92 Å². The molecule has 11 nitrogen and oxygen atoms in total. The summed E-state index contributed by atoms with van der Waals surface area (Å²) < 4.78 is 23.0. The Morgan fingerprint density at radius 3 is 1.89 bits per heavy atom. The van der Waals surface area contributed by atoms with E-state index in [9.17, 15) is 28.8 Å². The third kappa shape index (κ3) is 13.5. The lowest BCUT2D eigenvalue weighted by Gasteiger charge is -2.23. The Balaban J connectivity index is 2.76. The molecule has 1 rings (SSSR count). The van der Waals surface area contributed by atoms with Crippen molar-refractivity contribution >= 4 is 57.8 Å². The van der Waals surface area contributed by atoms with Crippen molar-refractivity contribution in [3.05, 3.63) is 35.9 Å². The molecule has 0 aliphatic rings. The Labute approximate surface area is 229 Å². The van der Waals surface area contributed by atoms with Crippen LogP contribution in [0.15, 0.2) is 30.3 Å². The van der Waals surface area contributed by atoms with Gasteiger partial charge >= 0.3 is 28.5 Å². The van der Waals surface area contributed by atoms with E-state index in [0.29, 0.717) is 23.5 Å². The van der Waals surface area contributed by atoms with Crippen molar-refractivity contribution in [2.45, 2.75) is 58.3 Å². The van der Waals surface area contributed by atoms with Crippen LogP contribution in [0.1, 0.15) is 52.5 Å². The van der Waals surface area contributed by atoms with Crippen LogP contribution in [0.25, 0.3) is 0 Å². The lowest BCUT2D eigenvalue weighted by molar-refractivity contribution is -0.152. The van der Waals surface area contributed by atoms with Gasteiger partial charge in [0.2, 0.25) is 13.6 Å². The highest BCUT2D eigenvalue weighted by Gasteiger charge is 2.36. The number of carbonyl (C=O) groups is 6. The molecule has 1 atom stereocenters. The molecule has 38 heavy (non-hydrogen) atoms. The maximum Gasteiger partial charge on any atom is 0.371 e. The highest BCUT2D eigenvalue weighted by molar-refractivity contribution is 8.15. The zero-order valence-electron chi connectivity index (χ0n) is 21.7. The van der Waals surface area contributed by atoms with Crippen LogP contribution in [0, 0.1) is 5.92 Å². The van der Waals surface area contributed by atoms with Gasteiger partial charge in [-0.25, -0.2) is 9.59 Å². The van der Waals surface area contributed by atoms with Gasteiger partial charge in [-0.3, -0.25) is 19.2 Å². The van der Waals surface area contributed by atoms with Crippen LogP contribution in [0.2, 0.25) is 0 Å². The second kappa shape index (κ2) is 17.4. The van der Waals surface area contributed by atoms with Crippen molar-refractivity contribution < 1.29 is 52.5 Å². The zero-order chi connectivity index (χ0) is 28.6. The van der Waals surface area contributed by atoms with Gasteiger partial charge in [-0.2, -0.15) is 0 Å². The maximum absolute atomic E-state index is 13.0. The van der Waals surface area contributed by atoms with Crippen LogP contribution in [-0.4, -0.2) is 58.4 Å². The summed E-state index contributed by atoms with van der Waals surface area (Å²) in [6.07, 6.45) is -0.101. The summed E-state index contributed by atoms with van der Waals surface area (Å²) in [5, 5.41) is -1.64. The van der Waals surface area contributed by atoms with Crippen molar-refractivity contribution in [2.75, 3.05) is 19.3 Å². The topological polar surface area (TPSA) is 149 Å². The van der Waals surface area contributed by atoms with E-state index in [4.69, 9.17) is 14.2 Å². The average Bonchev–Trinajstić information content (AvgIpc) is 2.89. The van der Waals surface area contributed by atoms with Crippen molar-refractivity contribution in [1.29, 1.82) is 0 Å². The largest absolute Gasteiger partial charge is 0.461 e. The lowest BCUT2D eigenvalue weighted by Crippen LogP contribution is -2.34. The average molecular weight is 573 g/mol. The molecule has 0 aromatic heterocycles. The number of ketones is 1. The van der Waals surface area contributed by atoms with Crippen LogP contribution in [0.4, 0.5) is 9.59 Å². The first-order valence-corrected chi connectivity index (χ1v) is 13.5. The third-order valence-electron chi connectivity index (χ3n) is 4.77. The number of ether oxygens (including phenoxy) is 5. The van der Waals surface area contributed by atoms with Gasteiger partial charge in [0.25, 0.3) is 0 Å². The summed E-state index contributed by atoms with van der Waals surface area (Å²) >= 11 is 1.20. The van der Waals surface area contributed by atoms with Gasteiger partial charge in [-0.15, -0.1) is 0 Å². The van der Waals surface area contributed by atoms with E-state index in [1.165, 1.54) is 13.8 Å². The van der Waals surface area contributed by atoms with Crippen LogP contribution in [0.3, 0.4) is 0 Å². The summed E-state index contributed by atoms with van der Waals surface area (Å²) in [5.74, 6) is -3.47. The molecule has 0 fully saturated rings. The molecule has 0 bridgehead atoms. The first kappa shape index (κ1) is 33.0. The van der Waals surface area contributed by atoms with Gasteiger partial charge in [-0.1, -0.05) is 44.2 Å². The summed E-state index contributed by atoms with van der Waals surface area (Å²) in [6, 6.07) is 8.90. The fraction of sp³-hybridized carbons (Fsp3) is 0.520. The molecule has 0 unspecified atom stereocenters. The predicted molar refractivity (Wildman–Crippen MR) is 139 cm³/mol. The highest BCUT2D eigenvalue weighted by Crippen LogP contribution is 2.31. The molecule has 13 heteroatoms. The smallest absolute Gasteiger partial charge is 0.371 e. The molecular formula is C25H32O11S2. The Hall–Kier alpha value is -3.06. The summed E-state index contributed by atoms with van der Waals surface area (Å²) in [6.45, 7) is 4.95. The molecule has 0 spiro atoms. The van der Waals surface area contributed by atoms with Gasteiger partial charge in [0.1, 0.15) is 12.4 Å². The Kier molecular flexibility index (Phi) is 15.1. The van der Waals surface area contributed by atoms with Crippen LogP contribution in [0.5, 0.6) is 0 Å². The standard InChI is InChI=1S/C25H32O11S2/c1-5-20(27)33-15-35-23(30)37-14-18(22(29)32-13-17-10-8-7-9-11-17)12-19(26)25(3,4)38-24(31)36-16-34-21(28)6-2/h7-11,18H,5-6,12-16H2,1-4H3/t18-/m0/s1. The van der Waals surface area contributed by atoms with E-state index >= 15 is 0 Å². The number of hydrogen-bond acceptors (Lipinski definition) is 13. The minimum absolute atomic E-state index is 0.0343. The van der Waals surface area contributed by atoms with Crippen LogP contribution < -0.4 is 0 Å². The quantitative estimate of drug-likeness (QED) is 0.163. The fourth-order valence-electron chi connectivity index (χ4n) is 2.52. The van der Waals surface area contributed by atoms with Crippen molar-refractivity contribution in [3.8, 4) is 0 Å². The molecule has 0 aliphatic carbocycles. The van der Waals surface area contributed by atoms with Gasteiger partial charge < -0.3 is 23.7 Å². The predicted octanol–water partition coefficient (Wildman–Crippen LogP) is 4.64. The van der Waals surface area contributed by atoms with E-state index in [1.54, 1.807) is 38.1 Å². The molecule has 0 heterocycles. The zero-order valence-corrected chi connectivity index (χ0v) is 23.4. The Morgan fingerprint density at radius 1 is 0.789 bits per heavy atom. The molecule has 0 aliphatic heterocycles. The van der Waals surface area contributed by atoms with Crippen molar-refractivity contribution in [1.82, 2.24) is 0 Å². The van der Waals surface area contributed by atoms with E-state index in [2.05, 4.69) is 9.47 Å². The van der Waals surface area contributed by atoms with Crippen molar-refractivity contribution in [3.63, 3.8) is 0 Å². The monoisotopic (exact) mass is 572 g/mol. The molecular weight excluding hydrogens is 540 g/mol. The molecule has 210 valence electrons. The first-order chi connectivity index (χ1) is 18.0. The molecule has 0 saturated carbocycles. The number of rotatable bonds is 15. The fourth-order valence-corrected chi connectivity index (χ4v) is 3.97. The molecule has 0 N–H and O–H groups in total. The van der Waals surface area contributed by atoms with Crippen LogP contribution >= 0.6 is 23.5 Å². The van der Waals surface area contributed by atoms with E-state index in [1.807, 2.05) is 6.07 Å². The number of esters is 3. The second-order valence-electron chi connectivity index (χ2n) is 8.11. The highest BCUT2D eigenvalue weighted by atomic mass is 32.2. The number of carbonyl (C=O) groups excluding carboxylic acids is 6. The summed E-state index contributed by atoms with van der Waals surface area (Å²) in [5.41, 5.74) is 0.734. The van der Waals surface area contributed by atoms with E-state index in [-0.39, 0.29) is 31.6 Å².